The van der Waals surface area contributed by atoms with Crippen molar-refractivity contribution in [3.05, 3.63) is 11.6 Å². The highest BCUT2D eigenvalue weighted by molar-refractivity contribution is 5.85. The minimum atomic E-state index is -0.958. The number of rotatable bonds is 41. The number of nitrogens with one attached hydrogen (secondary N) is 1. The number of amides is 1. The van der Waals surface area contributed by atoms with Gasteiger partial charge in [0.25, 0.3) is 0 Å². The number of fused-ring (bicyclic) bond motifs is 5. The molecule has 0 heterocycles. The molecule has 72 heavy (non-hydrogen) atoms. The average Bonchev–Trinajstić information content (AvgIpc) is 3.72. The maximum Gasteiger partial charge on any atom is 0.328 e. The molecule has 3 saturated carbocycles. The number of allylic oxidation sites excluding steroid dienone is 2. The minimum absolute atomic E-state index is 0.0689. The molecule has 6 heteroatoms. The van der Waals surface area contributed by atoms with E-state index < -0.39 is 18.0 Å². The summed E-state index contributed by atoms with van der Waals surface area (Å²) in [4.78, 5) is 38.3. The highest BCUT2D eigenvalue weighted by Gasteiger charge is 2.59. The zero-order valence-electron chi connectivity index (χ0n) is 48.9. The van der Waals surface area contributed by atoms with E-state index in [0.717, 1.165) is 105 Å². The van der Waals surface area contributed by atoms with Crippen molar-refractivity contribution in [2.75, 3.05) is 0 Å². The monoisotopic (exact) mass is 1010 g/mol. The van der Waals surface area contributed by atoms with Crippen molar-refractivity contribution >= 4 is 17.8 Å². The molecule has 0 bridgehead atoms. The van der Waals surface area contributed by atoms with Gasteiger partial charge in [-0.15, -0.1) is 0 Å². The minimum Gasteiger partial charge on any atom is -0.481 e. The van der Waals surface area contributed by atoms with Gasteiger partial charge >= 0.3 is 11.9 Å². The summed E-state index contributed by atoms with van der Waals surface area (Å²) in [6.07, 6.45) is 50.8. The van der Waals surface area contributed by atoms with E-state index in [-0.39, 0.29) is 24.9 Å². The van der Waals surface area contributed by atoms with E-state index in [9.17, 15) is 19.5 Å². The van der Waals surface area contributed by atoms with Crippen molar-refractivity contribution in [1.82, 2.24) is 5.32 Å². The molecule has 418 valence electrons. The second-order valence-electron chi connectivity index (χ2n) is 26.1. The molecule has 7 unspecified atom stereocenters. The molecule has 0 spiro atoms. The van der Waals surface area contributed by atoms with E-state index in [1.807, 2.05) is 5.57 Å². The Morgan fingerprint density at radius 2 is 1.21 bits per heavy atom. The number of hydrogen-bond donors (Lipinski definition) is 2. The van der Waals surface area contributed by atoms with Crippen LogP contribution in [0.4, 0.5) is 0 Å². The molecule has 4 rings (SSSR count). The highest BCUT2D eigenvalue weighted by Crippen LogP contribution is 2.67. The number of carbonyl (C=O) groups excluding carboxylic acids is 2. The number of unbranched alkanes of at least 4 members (excludes halogenated alkanes) is 21. The summed E-state index contributed by atoms with van der Waals surface area (Å²) < 4.78 is 6.21. The zero-order valence-corrected chi connectivity index (χ0v) is 48.9. The van der Waals surface area contributed by atoms with Crippen LogP contribution in [0, 0.1) is 58.2 Å². The number of aliphatic carboxylic acids is 1. The molecule has 0 aromatic heterocycles. The number of carboxylic acids is 1. The first-order valence-electron chi connectivity index (χ1n) is 32.2. The van der Waals surface area contributed by atoms with Crippen molar-refractivity contribution < 1.29 is 24.2 Å². The van der Waals surface area contributed by atoms with Crippen LogP contribution in [0.15, 0.2) is 11.6 Å². The Morgan fingerprint density at radius 1 is 0.639 bits per heavy atom. The normalized spacial score (nSPS) is 26.5. The van der Waals surface area contributed by atoms with Crippen LogP contribution >= 0.6 is 0 Å². The van der Waals surface area contributed by atoms with Crippen LogP contribution in [-0.4, -0.2) is 35.1 Å². The van der Waals surface area contributed by atoms with Gasteiger partial charge in [0.2, 0.25) is 5.91 Å². The predicted molar refractivity (Wildman–Crippen MR) is 305 cm³/mol. The van der Waals surface area contributed by atoms with Crippen molar-refractivity contribution in [2.24, 2.45) is 58.2 Å². The Bertz CT molecular complexity index is 1520. The lowest BCUT2D eigenvalue weighted by molar-refractivity contribution is -0.154. The van der Waals surface area contributed by atoms with Crippen molar-refractivity contribution in [2.45, 2.75) is 331 Å². The molecular weight excluding hydrogens is 887 g/mol. The summed E-state index contributed by atoms with van der Waals surface area (Å²) in [5.41, 5.74) is 2.85. The fourth-order valence-corrected chi connectivity index (χ4v) is 15.7. The number of esters is 1. The number of hydrogen-bond acceptors (Lipinski definition) is 4. The first kappa shape index (κ1) is 62.7. The molecule has 4 aliphatic rings. The van der Waals surface area contributed by atoms with Crippen LogP contribution in [-0.2, 0) is 19.1 Å². The third-order valence-electron chi connectivity index (χ3n) is 20.5. The van der Waals surface area contributed by atoms with Gasteiger partial charge in [-0.3, -0.25) is 9.59 Å². The van der Waals surface area contributed by atoms with Gasteiger partial charge in [-0.1, -0.05) is 221 Å². The summed E-state index contributed by atoms with van der Waals surface area (Å²) in [6.45, 7) is 19.9. The van der Waals surface area contributed by atoms with Crippen molar-refractivity contribution in [1.29, 1.82) is 0 Å². The molecule has 3 fully saturated rings. The second kappa shape index (κ2) is 34.7. The molecule has 0 aliphatic heterocycles. The van der Waals surface area contributed by atoms with Gasteiger partial charge in [-0.2, -0.15) is 0 Å². The zero-order chi connectivity index (χ0) is 52.2. The lowest BCUT2D eigenvalue weighted by atomic mass is 9.46. The first-order chi connectivity index (χ1) is 34.8. The first-order valence-corrected chi connectivity index (χ1v) is 32.2. The topological polar surface area (TPSA) is 92.7 Å². The maximum absolute atomic E-state index is 13.7. The molecule has 0 aromatic rings. The Kier molecular flexibility index (Phi) is 30.2. The fourth-order valence-electron chi connectivity index (χ4n) is 15.7. The molecule has 1 amide bonds. The Morgan fingerprint density at radius 3 is 1.78 bits per heavy atom. The summed E-state index contributed by atoms with van der Waals surface area (Å²) in [5.74, 6) is 5.54. The number of carbonyl (C=O) groups is 3. The van der Waals surface area contributed by atoms with Gasteiger partial charge in [0.15, 0.2) is 0 Å². The van der Waals surface area contributed by atoms with E-state index >= 15 is 0 Å². The Hall–Kier alpha value is -1.85. The summed E-state index contributed by atoms with van der Waals surface area (Å²) >= 11 is 0. The van der Waals surface area contributed by atoms with Crippen LogP contribution in [0.5, 0.6) is 0 Å². The van der Waals surface area contributed by atoms with Gasteiger partial charge in [-0.05, 0) is 154 Å². The molecule has 0 aromatic carbocycles. The largest absolute Gasteiger partial charge is 0.481 e. The van der Waals surface area contributed by atoms with E-state index in [4.69, 9.17) is 4.74 Å². The molecule has 2 N–H and O–H groups in total. The summed E-state index contributed by atoms with van der Waals surface area (Å²) in [5, 5.41) is 12.4. The van der Waals surface area contributed by atoms with Crippen LogP contribution < -0.4 is 5.32 Å². The third-order valence-corrected chi connectivity index (χ3v) is 20.5. The smallest absolute Gasteiger partial charge is 0.328 e. The van der Waals surface area contributed by atoms with Crippen LogP contribution in [0.1, 0.15) is 319 Å². The van der Waals surface area contributed by atoms with E-state index in [1.165, 1.54) is 186 Å². The van der Waals surface area contributed by atoms with Gasteiger partial charge in [0.1, 0.15) is 12.1 Å². The van der Waals surface area contributed by atoms with Gasteiger partial charge in [0, 0.05) is 12.8 Å². The summed E-state index contributed by atoms with van der Waals surface area (Å²) in [6, 6.07) is -0.905. The molecule has 0 radical (unpaired) electrons. The van der Waals surface area contributed by atoms with Crippen LogP contribution in [0.3, 0.4) is 0 Å². The quantitative estimate of drug-likeness (QED) is 0.0362. The second-order valence-corrected chi connectivity index (χ2v) is 26.1. The fraction of sp³-hybridized carbons (Fsp3) is 0.924. The van der Waals surface area contributed by atoms with Gasteiger partial charge < -0.3 is 15.2 Å². The van der Waals surface area contributed by atoms with E-state index in [0.29, 0.717) is 17.3 Å². The molecule has 6 nitrogen and oxygen atoms in total. The summed E-state index contributed by atoms with van der Waals surface area (Å²) in [7, 11) is 0. The standard InChI is InChI=1S/C66H119NO5/c1-9-12-14-16-18-20-22-27-31-35-56(72-64(71)61(44-45-63(69)70)67-62(68)37-33-29-23-21-19-17-15-13-10-2)36-32-28-25-24-26-30-34-53-46-48-65(7)55(50-53)40-41-57-59-43-42-58(66(59,8)49-47-60(57)65)52(6)38-39-54(11-3)51(4)5/h40,51-54,56-61H,9-39,41-50H2,1-8H3,(H,67,68)(H,69,70)/t52?,53?,54?,56?,57?,58-,59?,60?,61+,65+,66-/m1/s1. The average molecular weight is 1010 g/mol. The molecular formula is C66H119NO5. The van der Waals surface area contributed by atoms with Gasteiger partial charge in [0.05, 0.1) is 0 Å². The lowest BCUT2D eigenvalue weighted by Crippen LogP contribution is -2.50. The lowest BCUT2D eigenvalue weighted by Gasteiger charge is -2.58. The Labute approximate surface area is 446 Å². The molecule has 4 aliphatic carbocycles. The SMILES string of the molecule is CCCCCCCCCCCC(=O)N[C@@H](CCC(=O)O)C(=O)OC(CCCCCCCCCCC)CCCCCCCCC1CC[C@@]2(C)C(=CCC3C2CC[C@@]2(C)C3CC[C@@H]2C(C)CCC(CC)C(C)C)C1. The van der Waals surface area contributed by atoms with E-state index in [2.05, 4.69) is 66.8 Å². The Balaban J connectivity index is 1.18. The van der Waals surface area contributed by atoms with Crippen molar-refractivity contribution in [3.63, 3.8) is 0 Å². The highest BCUT2D eigenvalue weighted by atomic mass is 16.5. The van der Waals surface area contributed by atoms with Crippen LogP contribution in [0.25, 0.3) is 0 Å². The number of ether oxygens (including phenoxy) is 1. The van der Waals surface area contributed by atoms with E-state index in [1.54, 1.807) is 0 Å². The third kappa shape index (κ3) is 20.9. The van der Waals surface area contributed by atoms with Gasteiger partial charge in [-0.25, -0.2) is 4.79 Å². The van der Waals surface area contributed by atoms with Crippen molar-refractivity contribution in [3.8, 4) is 0 Å². The molecule has 11 atom stereocenters. The predicted octanol–water partition coefficient (Wildman–Crippen LogP) is 19.5. The van der Waals surface area contributed by atoms with Crippen LogP contribution in [0.2, 0.25) is 0 Å². The maximum atomic E-state index is 13.7. The number of carboxylic acid groups (broad SMARTS) is 1. The molecule has 0 saturated heterocycles.